The van der Waals surface area contributed by atoms with E-state index in [1.807, 2.05) is 0 Å². The molecule has 3 N–H and O–H groups in total. The summed E-state index contributed by atoms with van der Waals surface area (Å²) in [4.78, 5) is 4.83. The summed E-state index contributed by atoms with van der Waals surface area (Å²) in [6.07, 6.45) is 10.7. The van der Waals surface area contributed by atoms with Gasteiger partial charge in [0, 0.05) is 39.5 Å². The molecule has 0 aromatic carbocycles. The molecule has 27 heavy (non-hydrogen) atoms. The Morgan fingerprint density at radius 3 is 2.70 bits per heavy atom. The van der Waals surface area contributed by atoms with Crippen molar-refractivity contribution in [1.82, 2.24) is 10.6 Å². The number of aliphatic hydroxyl groups is 1. The van der Waals surface area contributed by atoms with Crippen molar-refractivity contribution in [2.75, 3.05) is 46.1 Å². The van der Waals surface area contributed by atoms with Crippen molar-refractivity contribution in [3.8, 4) is 0 Å². The molecule has 1 unspecified atom stereocenters. The third-order valence-electron chi connectivity index (χ3n) is 5.56. The number of hydrogen-bond acceptors (Lipinski definition) is 4. The highest BCUT2D eigenvalue weighted by molar-refractivity contribution is 14.0. The highest BCUT2D eigenvalue weighted by Crippen LogP contribution is 2.39. The van der Waals surface area contributed by atoms with Crippen molar-refractivity contribution in [1.29, 1.82) is 0 Å². The number of aliphatic imine (C=N–C) groups is 1. The van der Waals surface area contributed by atoms with Gasteiger partial charge in [-0.15, -0.1) is 24.0 Å². The maximum absolute atomic E-state index is 9.45. The van der Waals surface area contributed by atoms with Crippen LogP contribution in [-0.4, -0.2) is 63.2 Å². The molecule has 2 aliphatic rings. The summed E-state index contributed by atoms with van der Waals surface area (Å²) in [5, 5.41) is 16.2. The normalized spacial score (nSPS) is 22.3. The van der Waals surface area contributed by atoms with Gasteiger partial charge in [0.2, 0.25) is 0 Å². The highest BCUT2D eigenvalue weighted by atomic mass is 127. The lowest BCUT2D eigenvalue weighted by atomic mass is 9.72. The predicted molar refractivity (Wildman–Crippen MR) is 121 cm³/mol. The van der Waals surface area contributed by atoms with Crippen LogP contribution in [0, 0.1) is 5.41 Å². The molecular formula is C20H40IN3O3. The van der Waals surface area contributed by atoms with Crippen molar-refractivity contribution < 1.29 is 14.6 Å². The molecule has 0 spiro atoms. The van der Waals surface area contributed by atoms with Crippen LogP contribution in [0.1, 0.15) is 64.7 Å². The van der Waals surface area contributed by atoms with E-state index in [-0.39, 0.29) is 36.0 Å². The Kier molecular flexibility index (Phi) is 13.7. The SMILES string of the molecule is CCNC(=NCC1(CCO)CCCCC1)NCCCOCC1CCCO1.I. The first-order valence-electron chi connectivity index (χ1n) is 10.6. The molecule has 2 fully saturated rings. The zero-order valence-electron chi connectivity index (χ0n) is 17.0. The van der Waals surface area contributed by atoms with Crippen LogP contribution in [0.15, 0.2) is 4.99 Å². The number of guanidine groups is 1. The standard InChI is InChI=1S/C20H39N3O3.HI/c1-2-21-19(22-12-7-14-25-16-18-8-6-15-26-18)23-17-20(11-13-24)9-4-3-5-10-20;/h18,24H,2-17H2,1H3,(H2,21,22,23);1H. The first kappa shape index (κ1) is 24.9. The Morgan fingerprint density at radius 2 is 2.04 bits per heavy atom. The van der Waals surface area contributed by atoms with E-state index >= 15 is 0 Å². The molecule has 7 heteroatoms. The summed E-state index contributed by atoms with van der Waals surface area (Å²) in [5.74, 6) is 0.884. The second-order valence-corrected chi connectivity index (χ2v) is 7.72. The maximum Gasteiger partial charge on any atom is 0.191 e. The Hall–Kier alpha value is -0.120. The van der Waals surface area contributed by atoms with E-state index in [0.29, 0.717) is 6.10 Å². The fraction of sp³-hybridized carbons (Fsp3) is 0.950. The van der Waals surface area contributed by atoms with E-state index in [1.165, 1.54) is 32.1 Å². The second-order valence-electron chi connectivity index (χ2n) is 7.72. The van der Waals surface area contributed by atoms with Crippen LogP contribution in [0.3, 0.4) is 0 Å². The number of nitrogens with one attached hydrogen (secondary N) is 2. The Balaban J connectivity index is 0.00000364. The quantitative estimate of drug-likeness (QED) is 0.177. The third-order valence-corrected chi connectivity index (χ3v) is 5.56. The summed E-state index contributed by atoms with van der Waals surface area (Å²) >= 11 is 0. The molecule has 0 aromatic heterocycles. The van der Waals surface area contributed by atoms with Gasteiger partial charge in [-0.3, -0.25) is 4.99 Å². The lowest BCUT2D eigenvalue weighted by molar-refractivity contribution is 0.0168. The molecule has 0 aromatic rings. The molecular weight excluding hydrogens is 457 g/mol. The van der Waals surface area contributed by atoms with Gasteiger partial charge in [0.25, 0.3) is 0 Å². The molecule has 2 rings (SSSR count). The Bertz CT molecular complexity index is 392. The number of nitrogens with zero attached hydrogens (tertiary/aromatic N) is 1. The van der Waals surface area contributed by atoms with Crippen LogP contribution < -0.4 is 10.6 Å². The fourth-order valence-electron chi connectivity index (χ4n) is 3.99. The molecule has 1 saturated carbocycles. The van der Waals surface area contributed by atoms with Gasteiger partial charge in [-0.25, -0.2) is 0 Å². The predicted octanol–water partition coefficient (Wildman–Crippen LogP) is 3.08. The molecule has 6 nitrogen and oxygen atoms in total. The van der Waals surface area contributed by atoms with Crippen molar-refractivity contribution in [3.63, 3.8) is 0 Å². The van der Waals surface area contributed by atoms with Gasteiger partial charge < -0.3 is 25.2 Å². The second kappa shape index (κ2) is 14.8. The lowest BCUT2D eigenvalue weighted by Gasteiger charge is -2.35. The van der Waals surface area contributed by atoms with Gasteiger partial charge in [-0.1, -0.05) is 19.3 Å². The molecule has 1 aliphatic carbocycles. The minimum atomic E-state index is 0. The molecule has 1 heterocycles. The largest absolute Gasteiger partial charge is 0.396 e. The van der Waals surface area contributed by atoms with E-state index in [2.05, 4.69) is 17.6 Å². The lowest BCUT2D eigenvalue weighted by Crippen LogP contribution is -2.39. The van der Waals surface area contributed by atoms with Gasteiger partial charge in [-0.05, 0) is 50.9 Å². The smallest absolute Gasteiger partial charge is 0.191 e. The average molecular weight is 497 g/mol. The molecule has 0 amide bonds. The summed E-state index contributed by atoms with van der Waals surface area (Å²) < 4.78 is 11.3. The Morgan fingerprint density at radius 1 is 1.22 bits per heavy atom. The highest BCUT2D eigenvalue weighted by Gasteiger charge is 2.31. The van der Waals surface area contributed by atoms with Crippen molar-refractivity contribution in [3.05, 3.63) is 0 Å². The van der Waals surface area contributed by atoms with Crippen LogP contribution >= 0.6 is 24.0 Å². The van der Waals surface area contributed by atoms with Crippen molar-refractivity contribution in [2.24, 2.45) is 10.4 Å². The number of hydrogen-bond donors (Lipinski definition) is 3. The number of halogens is 1. The topological polar surface area (TPSA) is 75.1 Å². The van der Waals surface area contributed by atoms with Gasteiger partial charge in [0.15, 0.2) is 5.96 Å². The molecule has 1 atom stereocenters. The van der Waals surface area contributed by atoms with Crippen LogP contribution in [0.2, 0.25) is 0 Å². The van der Waals surface area contributed by atoms with E-state index < -0.39 is 0 Å². The van der Waals surface area contributed by atoms with E-state index in [1.54, 1.807) is 0 Å². The van der Waals surface area contributed by atoms with Crippen molar-refractivity contribution in [2.45, 2.75) is 70.8 Å². The van der Waals surface area contributed by atoms with Gasteiger partial charge in [0.1, 0.15) is 0 Å². The van der Waals surface area contributed by atoms with Crippen LogP contribution in [0.25, 0.3) is 0 Å². The number of ether oxygens (including phenoxy) is 2. The van der Waals surface area contributed by atoms with Crippen molar-refractivity contribution >= 4 is 29.9 Å². The van der Waals surface area contributed by atoms with E-state index in [4.69, 9.17) is 14.5 Å². The Labute approximate surface area is 182 Å². The minimum Gasteiger partial charge on any atom is -0.396 e. The van der Waals surface area contributed by atoms with Gasteiger partial charge in [0.05, 0.1) is 12.7 Å². The van der Waals surface area contributed by atoms with E-state index in [0.717, 1.165) is 71.1 Å². The molecule has 0 radical (unpaired) electrons. The van der Waals surface area contributed by atoms with E-state index in [9.17, 15) is 5.11 Å². The first-order valence-corrected chi connectivity index (χ1v) is 10.6. The first-order chi connectivity index (χ1) is 12.8. The zero-order valence-corrected chi connectivity index (χ0v) is 19.3. The molecule has 1 saturated heterocycles. The fourth-order valence-corrected chi connectivity index (χ4v) is 3.99. The van der Waals surface area contributed by atoms with Crippen LogP contribution in [0.5, 0.6) is 0 Å². The average Bonchev–Trinajstić information content (AvgIpc) is 3.17. The van der Waals surface area contributed by atoms with Crippen LogP contribution in [-0.2, 0) is 9.47 Å². The van der Waals surface area contributed by atoms with Crippen LogP contribution in [0.4, 0.5) is 0 Å². The summed E-state index contributed by atoms with van der Waals surface area (Å²) in [5.41, 5.74) is 0.194. The summed E-state index contributed by atoms with van der Waals surface area (Å²) in [6, 6.07) is 0. The molecule has 160 valence electrons. The number of rotatable bonds is 11. The third kappa shape index (κ3) is 9.76. The number of aliphatic hydroxyl groups excluding tert-OH is 1. The maximum atomic E-state index is 9.45. The summed E-state index contributed by atoms with van der Waals surface area (Å²) in [6.45, 7) is 7.22. The monoisotopic (exact) mass is 497 g/mol. The van der Waals surface area contributed by atoms with Gasteiger partial charge in [-0.2, -0.15) is 0 Å². The van der Waals surface area contributed by atoms with Gasteiger partial charge >= 0.3 is 0 Å². The molecule has 0 bridgehead atoms. The zero-order chi connectivity index (χ0) is 18.5. The summed E-state index contributed by atoms with van der Waals surface area (Å²) in [7, 11) is 0. The molecule has 1 aliphatic heterocycles. The minimum absolute atomic E-state index is 0.